The minimum atomic E-state index is 0.935. The van der Waals surface area contributed by atoms with Gasteiger partial charge in [-0.1, -0.05) is 27.2 Å². The van der Waals surface area contributed by atoms with Crippen molar-refractivity contribution < 1.29 is 0 Å². The lowest BCUT2D eigenvalue weighted by molar-refractivity contribution is 0.316. The van der Waals surface area contributed by atoms with Gasteiger partial charge < -0.3 is 10.2 Å². The van der Waals surface area contributed by atoms with Gasteiger partial charge in [-0.05, 0) is 19.5 Å². The molecule has 1 aromatic heterocycles. The summed E-state index contributed by atoms with van der Waals surface area (Å²) in [7, 11) is 0. The van der Waals surface area contributed by atoms with Gasteiger partial charge in [0.25, 0.3) is 0 Å². The molecule has 4 nitrogen and oxygen atoms in total. The molecular formula is C13H24N4. The van der Waals surface area contributed by atoms with Crippen molar-refractivity contribution in [2.75, 3.05) is 31.5 Å². The van der Waals surface area contributed by atoms with Crippen LogP contribution in [0.2, 0.25) is 0 Å². The Labute approximate surface area is 104 Å². The molecule has 0 saturated carbocycles. The minimum absolute atomic E-state index is 0.935. The van der Waals surface area contributed by atoms with E-state index in [1.54, 1.807) is 6.33 Å². The first kappa shape index (κ1) is 13.9. The molecule has 17 heavy (non-hydrogen) atoms. The molecular weight excluding hydrogens is 212 g/mol. The molecule has 0 bridgehead atoms. The first-order valence-electron chi connectivity index (χ1n) is 6.57. The monoisotopic (exact) mass is 236 g/mol. The summed E-state index contributed by atoms with van der Waals surface area (Å²) in [5.74, 6) is 0.940. The average Bonchev–Trinajstić information content (AvgIpc) is 2.36. The van der Waals surface area contributed by atoms with Gasteiger partial charge in [0.1, 0.15) is 12.1 Å². The van der Waals surface area contributed by atoms with Crippen molar-refractivity contribution in [3.8, 4) is 0 Å². The lowest BCUT2D eigenvalue weighted by Crippen LogP contribution is -2.28. The molecule has 96 valence electrons. The van der Waals surface area contributed by atoms with Crippen LogP contribution in [0.25, 0.3) is 0 Å². The van der Waals surface area contributed by atoms with Crippen LogP contribution < -0.4 is 5.32 Å². The van der Waals surface area contributed by atoms with Crippen LogP contribution in [0.3, 0.4) is 0 Å². The van der Waals surface area contributed by atoms with Crippen LogP contribution in [0.1, 0.15) is 32.9 Å². The zero-order chi connectivity index (χ0) is 12.5. The molecule has 0 amide bonds. The van der Waals surface area contributed by atoms with Crippen LogP contribution in [0.4, 0.5) is 5.82 Å². The number of anilines is 1. The van der Waals surface area contributed by atoms with E-state index in [9.17, 15) is 0 Å². The number of hydrogen-bond donors (Lipinski definition) is 1. The van der Waals surface area contributed by atoms with Gasteiger partial charge in [0, 0.05) is 24.8 Å². The van der Waals surface area contributed by atoms with E-state index in [2.05, 4.69) is 41.0 Å². The first-order chi connectivity index (χ1) is 8.30. The fraction of sp³-hybridized carbons (Fsp3) is 0.692. The Morgan fingerprint density at radius 3 is 2.59 bits per heavy atom. The number of aryl methyl sites for hydroxylation is 1. The van der Waals surface area contributed by atoms with Gasteiger partial charge >= 0.3 is 0 Å². The highest BCUT2D eigenvalue weighted by atomic mass is 15.1. The quantitative estimate of drug-likeness (QED) is 0.751. The number of likely N-dealkylation sites (N-methyl/N-ethyl adjacent to an activating group) is 1. The second kappa shape index (κ2) is 8.01. The molecule has 1 heterocycles. The van der Waals surface area contributed by atoms with E-state index < -0.39 is 0 Å². The summed E-state index contributed by atoms with van der Waals surface area (Å²) >= 11 is 0. The SMILES string of the molecule is CCCc1cc(NCCN(CC)CC)ncn1. The average molecular weight is 236 g/mol. The first-order valence-corrected chi connectivity index (χ1v) is 6.57. The maximum Gasteiger partial charge on any atom is 0.129 e. The molecule has 1 N–H and O–H groups in total. The highest BCUT2D eigenvalue weighted by molar-refractivity contribution is 5.34. The number of rotatable bonds is 8. The van der Waals surface area contributed by atoms with E-state index in [0.717, 1.165) is 50.5 Å². The van der Waals surface area contributed by atoms with E-state index in [4.69, 9.17) is 0 Å². The molecule has 1 aromatic rings. The van der Waals surface area contributed by atoms with Crippen LogP contribution in [-0.4, -0.2) is 41.0 Å². The van der Waals surface area contributed by atoms with Crippen LogP contribution in [0.5, 0.6) is 0 Å². The molecule has 0 aliphatic heterocycles. The topological polar surface area (TPSA) is 41.0 Å². The number of nitrogens with zero attached hydrogens (tertiary/aromatic N) is 3. The van der Waals surface area contributed by atoms with Crippen molar-refractivity contribution in [1.29, 1.82) is 0 Å². The van der Waals surface area contributed by atoms with Gasteiger partial charge in [0.2, 0.25) is 0 Å². The normalized spacial score (nSPS) is 10.8. The molecule has 0 aliphatic rings. The van der Waals surface area contributed by atoms with Crippen molar-refractivity contribution >= 4 is 5.82 Å². The van der Waals surface area contributed by atoms with E-state index >= 15 is 0 Å². The Hall–Kier alpha value is -1.16. The van der Waals surface area contributed by atoms with E-state index in [-0.39, 0.29) is 0 Å². The van der Waals surface area contributed by atoms with Crippen molar-refractivity contribution in [2.24, 2.45) is 0 Å². The maximum atomic E-state index is 4.24. The molecule has 0 radical (unpaired) electrons. The number of nitrogens with one attached hydrogen (secondary N) is 1. The zero-order valence-corrected chi connectivity index (χ0v) is 11.2. The van der Waals surface area contributed by atoms with Crippen molar-refractivity contribution in [1.82, 2.24) is 14.9 Å². The van der Waals surface area contributed by atoms with Gasteiger partial charge in [-0.2, -0.15) is 0 Å². The van der Waals surface area contributed by atoms with Crippen molar-refractivity contribution in [3.63, 3.8) is 0 Å². The van der Waals surface area contributed by atoms with Crippen LogP contribution >= 0.6 is 0 Å². The molecule has 0 saturated heterocycles. The summed E-state index contributed by atoms with van der Waals surface area (Å²) in [6, 6.07) is 2.05. The Balaban J connectivity index is 2.38. The third kappa shape index (κ3) is 5.13. The fourth-order valence-electron chi connectivity index (χ4n) is 1.77. The van der Waals surface area contributed by atoms with Crippen LogP contribution in [-0.2, 0) is 6.42 Å². The van der Waals surface area contributed by atoms with Gasteiger partial charge in [0.05, 0.1) is 0 Å². The Morgan fingerprint density at radius 1 is 1.18 bits per heavy atom. The predicted octanol–water partition coefficient (Wildman–Crippen LogP) is 2.18. The molecule has 1 rings (SSSR count). The molecule has 0 unspecified atom stereocenters. The smallest absolute Gasteiger partial charge is 0.129 e. The molecule has 0 aliphatic carbocycles. The van der Waals surface area contributed by atoms with Gasteiger partial charge in [-0.15, -0.1) is 0 Å². The standard InChI is InChI=1S/C13H24N4/c1-4-7-12-10-13(16-11-15-12)14-8-9-17(5-2)6-3/h10-11H,4-9H2,1-3H3,(H,14,15,16). The summed E-state index contributed by atoms with van der Waals surface area (Å²) < 4.78 is 0. The second-order valence-corrected chi connectivity index (χ2v) is 4.10. The third-order valence-electron chi connectivity index (χ3n) is 2.86. The molecule has 0 atom stereocenters. The Morgan fingerprint density at radius 2 is 1.94 bits per heavy atom. The van der Waals surface area contributed by atoms with Gasteiger partial charge in [-0.25, -0.2) is 9.97 Å². The molecule has 0 spiro atoms. The van der Waals surface area contributed by atoms with Crippen LogP contribution in [0, 0.1) is 0 Å². The van der Waals surface area contributed by atoms with Crippen LogP contribution in [0.15, 0.2) is 12.4 Å². The van der Waals surface area contributed by atoms with E-state index in [1.165, 1.54) is 0 Å². The maximum absolute atomic E-state index is 4.24. The van der Waals surface area contributed by atoms with Gasteiger partial charge in [-0.3, -0.25) is 0 Å². The number of hydrogen-bond acceptors (Lipinski definition) is 4. The molecule has 4 heteroatoms. The third-order valence-corrected chi connectivity index (χ3v) is 2.86. The Kier molecular flexibility index (Phi) is 6.55. The lowest BCUT2D eigenvalue weighted by Gasteiger charge is -2.18. The Bertz CT molecular complexity index is 310. The van der Waals surface area contributed by atoms with Gasteiger partial charge in [0.15, 0.2) is 0 Å². The highest BCUT2D eigenvalue weighted by Gasteiger charge is 2.00. The van der Waals surface area contributed by atoms with E-state index in [0.29, 0.717) is 0 Å². The summed E-state index contributed by atoms with van der Waals surface area (Å²) in [5, 5.41) is 3.35. The second-order valence-electron chi connectivity index (χ2n) is 4.10. The summed E-state index contributed by atoms with van der Waals surface area (Å²) in [5.41, 5.74) is 1.12. The molecule has 0 fully saturated rings. The van der Waals surface area contributed by atoms with E-state index in [1.807, 2.05) is 6.07 Å². The predicted molar refractivity (Wildman–Crippen MR) is 72.3 cm³/mol. The summed E-state index contributed by atoms with van der Waals surface area (Å²) in [6.45, 7) is 10.7. The fourth-order valence-corrected chi connectivity index (χ4v) is 1.77. The van der Waals surface area contributed by atoms with Crippen molar-refractivity contribution in [2.45, 2.75) is 33.6 Å². The zero-order valence-electron chi connectivity index (χ0n) is 11.2. The summed E-state index contributed by atoms with van der Waals surface area (Å²) in [4.78, 5) is 10.9. The highest BCUT2D eigenvalue weighted by Crippen LogP contribution is 2.05. The largest absolute Gasteiger partial charge is 0.369 e. The minimum Gasteiger partial charge on any atom is -0.369 e. The lowest BCUT2D eigenvalue weighted by atomic mass is 10.2. The molecule has 0 aromatic carbocycles. The van der Waals surface area contributed by atoms with Crippen molar-refractivity contribution in [3.05, 3.63) is 18.1 Å². The number of aromatic nitrogens is 2. The summed E-state index contributed by atoms with van der Waals surface area (Å²) in [6.07, 6.45) is 3.79.